The van der Waals surface area contributed by atoms with Crippen molar-refractivity contribution in [1.82, 2.24) is 4.90 Å². The van der Waals surface area contributed by atoms with Crippen molar-refractivity contribution in [3.05, 3.63) is 0 Å². The fourth-order valence-corrected chi connectivity index (χ4v) is 1.86. The number of carboxylic acid groups (broad SMARTS) is 1. The van der Waals surface area contributed by atoms with Crippen LogP contribution in [0, 0.1) is 0 Å². The number of hydrogen-bond acceptors (Lipinski definition) is 2. The molecule has 1 saturated heterocycles. The molecule has 0 bridgehead atoms. The van der Waals surface area contributed by atoms with Crippen molar-refractivity contribution < 1.29 is 19.2 Å². The monoisotopic (exact) mass is 229 g/mol. The summed E-state index contributed by atoms with van der Waals surface area (Å²) in [6.07, 6.45) is 1.36. The molecule has 0 aromatic rings. The predicted octanol–water partition coefficient (Wildman–Crippen LogP) is 0.157. The van der Waals surface area contributed by atoms with E-state index in [9.17, 15) is 9.59 Å². The summed E-state index contributed by atoms with van der Waals surface area (Å²) in [6, 6.07) is -0.832. The topological polar surface area (TPSA) is 57.6 Å². The maximum atomic E-state index is 12.2. The minimum Gasteiger partial charge on any atom is -0.480 e. The Morgan fingerprint density at radius 3 is 2.38 bits per heavy atom. The van der Waals surface area contributed by atoms with E-state index in [4.69, 9.17) is 5.11 Å². The second-order valence-corrected chi connectivity index (χ2v) is 5.32. The van der Waals surface area contributed by atoms with Crippen LogP contribution in [0.15, 0.2) is 0 Å². The standard InChI is InChI=1S/C11H20N2O3/c1-8(13(2,3)4)10(14)12-7-5-6-9(12)11(15)16/h8-9H,5-7H2,1-4H3/p+1/t8-,9?/m0/s1. The van der Waals surface area contributed by atoms with Crippen molar-refractivity contribution in [2.24, 2.45) is 0 Å². The summed E-state index contributed by atoms with van der Waals surface area (Å²) in [7, 11) is 5.82. The molecule has 5 nitrogen and oxygen atoms in total. The number of hydrogen-bond donors (Lipinski definition) is 1. The zero-order valence-corrected chi connectivity index (χ0v) is 10.4. The molecule has 0 aromatic carbocycles. The molecule has 0 aromatic heterocycles. The third-order valence-corrected chi connectivity index (χ3v) is 3.34. The lowest BCUT2D eigenvalue weighted by Gasteiger charge is -2.34. The van der Waals surface area contributed by atoms with E-state index < -0.39 is 12.0 Å². The third-order valence-electron chi connectivity index (χ3n) is 3.34. The van der Waals surface area contributed by atoms with Crippen LogP contribution in [0.25, 0.3) is 0 Å². The second-order valence-electron chi connectivity index (χ2n) is 5.32. The maximum Gasteiger partial charge on any atom is 0.326 e. The average Bonchev–Trinajstić information content (AvgIpc) is 2.62. The van der Waals surface area contributed by atoms with E-state index in [1.54, 1.807) is 0 Å². The number of amides is 1. The first-order valence-corrected chi connectivity index (χ1v) is 5.59. The van der Waals surface area contributed by atoms with Crippen LogP contribution in [0.4, 0.5) is 0 Å². The highest BCUT2D eigenvalue weighted by molar-refractivity contribution is 5.86. The second kappa shape index (κ2) is 4.41. The Morgan fingerprint density at radius 2 is 1.94 bits per heavy atom. The lowest BCUT2D eigenvalue weighted by molar-refractivity contribution is -0.884. The predicted molar refractivity (Wildman–Crippen MR) is 59.9 cm³/mol. The highest BCUT2D eigenvalue weighted by Gasteiger charge is 2.39. The van der Waals surface area contributed by atoms with Crippen molar-refractivity contribution >= 4 is 11.9 Å². The molecule has 0 radical (unpaired) electrons. The van der Waals surface area contributed by atoms with Gasteiger partial charge in [-0.25, -0.2) is 4.79 Å². The molecular weight excluding hydrogens is 208 g/mol. The molecule has 1 rings (SSSR count). The molecule has 5 heteroatoms. The number of carbonyl (C=O) groups is 2. The number of likely N-dealkylation sites (tertiary alicyclic amines) is 1. The van der Waals surface area contributed by atoms with Gasteiger partial charge >= 0.3 is 5.97 Å². The minimum absolute atomic E-state index is 0.0580. The molecule has 92 valence electrons. The number of aliphatic carboxylic acids is 1. The normalized spacial score (nSPS) is 23.2. The van der Waals surface area contributed by atoms with Crippen molar-refractivity contribution in [2.45, 2.75) is 31.8 Å². The zero-order chi connectivity index (χ0) is 12.5. The van der Waals surface area contributed by atoms with E-state index >= 15 is 0 Å². The SMILES string of the molecule is C[C@@H](C(=O)N1CCCC1C(=O)O)[N+](C)(C)C. The Hall–Kier alpha value is -1.10. The maximum absolute atomic E-state index is 12.2. The fourth-order valence-electron chi connectivity index (χ4n) is 1.86. The van der Waals surface area contributed by atoms with Crippen LogP contribution >= 0.6 is 0 Å². The smallest absolute Gasteiger partial charge is 0.326 e. The molecule has 1 unspecified atom stereocenters. The molecule has 1 heterocycles. The lowest BCUT2D eigenvalue weighted by Crippen LogP contribution is -2.55. The van der Waals surface area contributed by atoms with Gasteiger partial charge in [0.25, 0.3) is 5.91 Å². The Balaban J connectivity index is 2.77. The molecule has 1 fully saturated rings. The van der Waals surface area contributed by atoms with Crippen molar-refractivity contribution in [3.8, 4) is 0 Å². The van der Waals surface area contributed by atoms with Crippen LogP contribution in [0.2, 0.25) is 0 Å². The van der Waals surface area contributed by atoms with Gasteiger partial charge in [0.2, 0.25) is 0 Å². The number of quaternary nitrogens is 1. The summed E-state index contributed by atoms with van der Waals surface area (Å²) in [5.41, 5.74) is 0. The molecule has 0 aliphatic carbocycles. The van der Waals surface area contributed by atoms with Crippen LogP contribution in [-0.4, -0.2) is 66.1 Å². The molecule has 1 aliphatic heterocycles. The van der Waals surface area contributed by atoms with Gasteiger partial charge in [0.15, 0.2) is 6.04 Å². The largest absolute Gasteiger partial charge is 0.480 e. The van der Waals surface area contributed by atoms with Gasteiger partial charge < -0.3 is 14.5 Å². The van der Waals surface area contributed by atoms with Gasteiger partial charge in [-0.1, -0.05) is 0 Å². The Labute approximate surface area is 96.2 Å². The van der Waals surface area contributed by atoms with E-state index in [2.05, 4.69) is 0 Å². The summed E-state index contributed by atoms with van der Waals surface area (Å²) < 4.78 is 0.516. The summed E-state index contributed by atoms with van der Waals surface area (Å²) in [5, 5.41) is 9.02. The van der Waals surface area contributed by atoms with Crippen LogP contribution in [0.3, 0.4) is 0 Å². The molecule has 1 aliphatic rings. The van der Waals surface area contributed by atoms with Crippen LogP contribution in [0.1, 0.15) is 19.8 Å². The van der Waals surface area contributed by atoms with Crippen molar-refractivity contribution in [2.75, 3.05) is 27.7 Å². The van der Waals surface area contributed by atoms with Gasteiger partial charge in [-0.15, -0.1) is 0 Å². The highest BCUT2D eigenvalue weighted by atomic mass is 16.4. The van der Waals surface area contributed by atoms with Crippen LogP contribution in [-0.2, 0) is 9.59 Å². The Bertz CT molecular complexity index is 296. The molecule has 16 heavy (non-hydrogen) atoms. The molecule has 2 atom stereocenters. The lowest BCUT2D eigenvalue weighted by atomic mass is 10.2. The van der Waals surface area contributed by atoms with Crippen LogP contribution in [0.5, 0.6) is 0 Å². The number of nitrogens with zero attached hydrogens (tertiary/aromatic N) is 2. The summed E-state index contributed by atoms with van der Waals surface area (Å²) in [6.45, 7) is 2.42. The van der Waals surface area contributed by atoms with Gasteiger partial charge in [0, 0.05) is 6.54 Å². The molecular formula is C11H21N2O3+. The number of carbonyl (C=O) groups excluding carboxylic acids is 1. The fraction of sp³-hybridized carbons (Fsp3) is 0.818. The third kappa shape index (κ3) is 2.52. The van der Waals surface area contributed by atoms with Crippen molar-refractivity contribution in [3.63, 3.8) is 0 Å². The number of carboxylic acids is 1. The highest BCUT2D eigenvalue weighted by Crippen LogP contribution is 2.20. The average molecular weight is 229 g/mol. The van der Waals surface area contributed by atoms with Crippen LogP contribution < -0.4 is 0 Å². The summed E-state index contributed by atoms with van der Waals surface area (Å²) >= 11 is 0. The zero-order valence-electron chi connectivity index (χ0n) is 10.4. The van der Waals surface area contributed by atoms with E-state index in [1.807, 2.05) is 28.1 Å². The van der Waals surface area contributed by atoms with E-state index in [0.717, 1.165) is 6.42 Å². The molecule has 1 N–H and O–H groups in total. The van der Waals surface area contributed by atoms with Gasteiger partial charge in [-0.2, -0.15) is 0 Å². The van der Waals surface area contributed by atoms with Crippen molar-refractivity contribution in [1.29, 1.82) is 0 Å². The Morgan fingerprint density at radius 1 is 1.38 bits per heavy atom. The molecule has 0 spiro atoms. The van der Waals surface area contributed by atoms with Gasteiger partial charge in [0.05, 0.1) is 21.1 Å². The van der Waals surface area contributed by atoms with Gasteiger partial charge in [-0.3, -0.25) is 4.79 Å². The number of likely N-dealkylation sites (N-methyl/N-ethyl adjacent to an activating group) is 1. The minimum atomic E-state index is -0.889. The number of rotatable bonds is 3. The quantitative estimate of drug-likeness (QED) is 0.701. The van der Waals surface area contributed by atoms with E-state index in [1.165, 1.54) is 4.90 Å². The first kappa shape index (κ1) is 13.0. The van der Waals surface area contributed by atoms with Gasteiger partial charge in [-0.05, 0) is 19.8 Å². The van der Waals surface area contributed by atoms with Gasteiger partial charge in [0.1, 0.15) is 6.04 Å². The summed E-state index contributed by atoms with van der Waals surface area (Å²) in [5.74, 6) is -0.947. The van der Waals surface area contributed by atoms with E-state index in [-0.39, 0.29) is 11.9 Å². The summed E-state index contributed by atoms with van der Waals surface area (Å²) in [4.78, 5) is 24.7. The van der Waals surface area contributed by atoms with E-state index in [0.29, 0.717) is 17.4 Å². The first-order chi connectivity index (χ1) is 7.25. The Kier molecular flexibility index (Phi) is 3.57. The first-order valence-electron chi connectivity index (χ1n) is 5.59. The molecule has 0 saturated carbocycles. The molecule has 1 amide bonds.